The van der Waals surface area contributed by atoms with Gasteiger partial charge in [0.2, 0.25) is 0 Å². The number of imide groups is 1. The second-order valence-corrected chi connectivity index (χ2v) is 7.36. The van der Waals surface area contributed by atoms with Crippen LogP contribution in [-0.2, 0) is 0 Å². The van der Waals surface area contributed by atoms with E-state index in [4.69, 9.17) is 11.6 Å². The molecule has 1 aliphatic heterocycles. The fourth-order valence-electron chi connectivity index (χ4n) is 3.17. The predicted octanol–water partition coefficient (Wildman–Crippen LogP) is 3.98. The molecule has 0 N–H and O–H groups in total. The van der Waals surface area contributed by atoms with Crippen LogP contribution in [0.25, 0.3) is 11.0 Å². The van der Waals surface area contributed by atoms with E-state index >= 15 is 0 Å². The maximum Gasteiger partial charge on any atom is 0.267 e. The SMILES string of the molecule is O=C1c2ccccc2C(=O)N1c1nn(C2CC2)c2c(Br)cc(Cl)nc12. The minimum atomic E-state index is -0.388. The molecular weight excluding hydrogens is 408 g/mol. The molecule has 2 amide bonds. The maximum atomic E-state index is 12.8. The molecule has 0 atom stereocenters. The Kier molecular flexibility index (Phi) is 3.08. The number of hydrogen-bond acceptors (Lipinski definition) is 4. The van der Waals surface area contributed by atoms with Gasteiger partial charge in [0.25, 0.3) is 11.8 Å². The van der Waals surface area contributed by atoms with E-state index in [9.17, 15) is 9.59 Å². The molecule has 6 nitrogen and oxygen atoms in total. The van der Waals surface area contributed by atoms with Gasteiger partial charge in [-0.25, -0.2) is 9.88 Å². The number of pyridine rings is 1. The zero-order chi connectivity index (χ0) is 17.3. The first-order valence-electron chi connectivity index (χ1n) is 7.78. The molecule has 3 aromatic rings. The Morgan fingerprint density at radius 1 is 1.12 bits per heavy atom. The van der Waals surface area contributed by atoms with Crippen LogP contribution in [-0.4, -0.2) is 26.6 Å². The molecule has 1 saturated carbocycles. The number of carbonyl (C=O) groups is 2. The van der Waals surface area contributed by atoms with E-state index in [1.165, 1.54) is 0 Å². The largest absolute Gasteiger partial charge is 0.268 e. The van der Waals surface area contributed by atoms with Crippen molar-refractivity contribution < 1.29 is 9.59 Å². The van der Waals surface area contributed by atoms with Gasteiger partial charge in [-0.15, -0.1) is 0 Å². The summed E-state index contributed by atoms with van der Waals surface area (Å²) in [7, 11) is 0. The zero-order valence-electron chi connectivity index (χ0n) is 12.7. The molecule has 1 fully saturated rings. The fraction of sp³-hybridized carbons (Fsp3) is 0.176. The van der Waals surface area contributed by atoms with E-state index in [0.29, 0.717) is 16.6 Å². The Hall–Kier alpha value is -2.25. The first-order valence-corrected chi connectivity index (χ1v) is 8.95. The lowest BCUT2D eigenvalue weighted by atomic mass is 10.1. The first-order chi connectivity index (χ1) is 12.1. The van der Waals surface area contributed by atoms with Gasteiger partial charge in [-0.2, -0.15) is 5.10 Å². The van der Waals surface area contributed by atoms with Crippen LogP contribution >= 0.6 is 27.5 Å². The number of aromatic nitrogens is 3. The number of anilines is 1. The van der Waals surface area contributed by atoms with E-state index < -0.39 is 0 Å². The maximum absolute atomic E-state index is 12.8. The second kappa shape index (κ2) is 5.12. The summed E-state index contributed by atoms with van der Waals surface area (Å²) in [5.74, 6) is -0.544. The third-order valence-electron chi connectivity index (χ3n) is 4.46. The smallest absolute Gasteiger partial charge is 0.267 e. The van der Waals surface area contributed by atoms with Gasteiger partial charge in [-0.05, 0) is 47.0 Å². The lowest BCUT2D eigenvalue weighted by Gasteiger charge is -2.10. The van der Waals surface area contributed by atoms with E-state index in [2.05, 4.69) is 26.0 Å². The summed E-state index contributed by atoms with van der Waals surface area (Å²) in [6.45, 7) is 0. The van der Waals surface area contributed by atoms with Gasteiger partial charge in [-0.1, -0.05) is 23.7 Å². The Morgan fingerprint density at radius 2 is 1.76 bits per heavy atom. The van der Waals surface area contributed by atoms with E-state index in [1.54, 1.807) is 30.3 Å². The van der Waals surface area contributed by atoms with Crippen molar-refractivity contribution in [3.05, 3.63) is 51.1 Å². The van der Waals surface area contributed by atoms with Crippen molar-refractivity contribution in [2.75, 3.05) is 4.90 Å². The highest BCUT2D eigenvalue weighted by molar-refractivity contribution is 9.10. The van der Waals surface area contributed by atoms with Crippen LogP contribution in [0.3, 0.4) is 0 Å². The van der Waals surface area contributed by atoms with Crippen molar-refractivity contribution in [2.24, 2.45) is 0 Å². The van der Waals surface area contributed by atoms with Crippen molar-refractivity contribution in [2.45, 2.75) is 18.9 Å². The molecule has 0 bridgehead atoms. The summed E-state index contributed by atoms with van der Waals surface area (Å²) in [6, 6.07) is 8.71. The highest BCUT2D eigenvalue weighted by atomic mass is 79.9. The van der Waals surface area contributed by atoms with Gasteiger partial charge in [0.1, 0.15) is 16.2 Å². The average Bonchev–Trinajstić information content (AvgIpc) is 3.32. The predicted molar refractivity (Wildman–Crippen MR) is 96.1 cm³/mol. The number of nitrogens with zero attached hydrogens (tertiary/aromatic N) is 4. The van der Waals surface area contributed by atoms with E-state index in [0.717, 1.165) is 27.7 Å². The van der Waals surface area contributed by atoms with Gasteiger partial charge >= 0.3 is 0 Å². The Bertz CT molecular complexity index is 1050. The van der Waals surface area contributed by atoms with Gasteiger partial charge in [0.15, 0.2) is 5.82 Å². The highest BCUT2D eigenvalue weighted by Crippen LogP contribution is 2.42. The normalized spacial score (nSPS) is 16.8. The minimum absolute atomic E-state index is 0.233. The summed E-state index contributed by atoms with van der Waals surface area (Å²) in [5, 5.41) is 4.84. The molecule has 0 unspecified atom stereocenters. The lowest BCUT2D eigenvalue weighted by molar-refractivity contribution is 0.0925. The number of halogens is 2. The quantitative estimate of drug-likeness (QED) is 0.467. The van der Waals surface area contributed by atoms with Gasteiger partial charge in [-0.3, -0.25) is 14.3 Å². The first kappa shape index (κ1) is 15.0. The summed E-state index contributed by atoms with van der Waals surface area (Å²) >= 11 is 9.60. The van der Waals surface area contributed by atoms with Crippen molar-refractivity contribution in [1.82, 2.24) is 14.8 Å². The molecule has 0 saturated heterocycles. The lowest BCUT2D eigenvalue weighted by Crippen LogP contribution is -2.30. The number of fused-ring (bicyclic) bond motifs is 2. The standard InChI is InChI=1S/C17H10BrClN4O2/c18-11-7-12(19)20-13-14(11)23(8-5-6-8)21-15(13)22-16(24)9-3-1-2-4-10(9)17(22)25/h1-4,7-8H,5-6H2. The summed E-state index contributed by atoms with van der Waals surface area (Å²) in [5.41, 5.74) is 1.95. The molecule has 2 aromatic heterocycles. The topological polar surface area (TPSA) is 68.1 Å². The minimum Gasteiger partial charge on any atom is -0.268 e. The van der Waals surface area contributed by atoms with Crippen molar-refractivity contribution in [3.8, 4) is 0 Å². The molecular formula is C17H10BrClN4O2. The van der Waals surface area contributed by atoms with Crippen LogP contribution in [0.2, 0.25) is 5.15 Å². The fourth-order valence-corrected chi connectivity index (χ4v) is 4.08. The molecule has 25 heavy (non-hydrogen) atoms. The molecule has 2 aliphatic rings. The second-order valence-electron chi connectivity index (χ2n) is 6.11. The van der Waals surface area contributed by atoms with Crippen LogP contribution in [0, 0.1) is 0 Å². The van der Waals surface area contributed by atoms with Crippen LogP contribution < -0.4 is 4.90 Å². The Labute approximate surface area is 155 Å². The molecule has 5 rings (SSSR count). The Morgan fingerprint density at radius 3 is 2.36 bits per heavy atom. The number of hydrogen-bond donors (Lipinski definition) is 0. The van der Waals surface area contributed by atoms with Crippen molar-refractivity contribution >= 4 is 56.2 Å². The summed E-state index contributed by atoms with van der Waals surface area (Å²) < 4.78 is 2.58. The Balaban J connectivity index is 1.77. The molecule has 124 valence electrons. The average molecular weight is 418 g/mol. The van der Waals surface area contributed by atoms with Crippen LogP contribution in [0.4, 0.5) is 5.82 Å². The summed E-state index contributed by atoms with van der Waals surface area (Å²) in [4.78, 5) is 31.0. The number of amides is 2. The third-order valence-corrected chi connectivity index (χ3v) is 5.26. The molecule has 1 aromatic carbocycles. The molecule has 3 heterocycles. The molecule has 0 spiro atoms. The van der Waals surface area contributed by atoms with E-state index in [1.807, 2.05) is 4.68 Å². The third kappa shape index (κ3) is 2.09. The molecule has 0 radical (unpaired) electrons. The highest BCUT2D eigenvalue weighted by Gasteiger charge is 2.40. The molecule has 8 heteroatoms. The van der Waals surface area contributed by atoms with E-state index in [-0.39, 0.29) is 28.8 Å². The van der Waals surface area contributed by atoms with Gasteiger partial charge in [0, 0.05) is 4.47 Å². The van der Waals surface area contributed by atoms with Crippen molar-refractivity contribution in [1.29, 1.82) is 0 Å². The number of carbonyl (C=O) groups excluding carboxylic acids is 2. The van der Waals surface area contributed by atoms with Crippen molar-refractivity contribution in [3.63, 3.8) is 0 Å². The van der Waals surface area contributed by atoms with Crippen LogP contribution in [0.15, 0.2) is 34.8 Å². The zero-order valence-corrected chi connectivity index (χ0v) is 15.1. The van der Waals surface area contributed by atoms with Gasteiger partial charge < -0.3 is 0 Å². The number of rotatable bonds is 2. The summed E-state index contributed by atoms with van der Waals surface area (Å²) in [6.07, 6.45) is 2.01. The van der Waals surface area contributed by atoms with Crippen LogP contribution in [0.1, 0.15) is 39.6 Å². The molecule has 1 aliphatic carbocycles. The number of benzene rings is 1. The van der Waals surface area contributed by atoms with Crippen LogP contribution in [0.5, 0.6) is 0 Å². The monoisotopic (exact) mass is 416 g/mol. The van der Waals surface area contributed by atoms with Gasteiger partial charge in [0.05, 0.1) is 17.2 Å².